The van der Waals surface area contributed by atoms with Crippen LogP contribution in [0.4, 0.5) is 5.69 Å². The smallest absolute Gasteiger partial charge is 0.251 e. The average molecular weight is 261 g/mol. The lowest BCUT2D eigenvalue weighted by Gasteiger charge is -2.13. The number of aromatic amines is 1. The topological polar surface area (TPSA) is 106 Å². The van der Waals surface area contributed by atoms with Crippen molar-refractivity contribution in [2.24, 2.45) is 0 Å². The summed E-state index contributed by atoms with van der Waals surface area (Å²) >= 11 is 0. The van der Waals surface area contributed by atoms with Gasteiger partial charge in [0.05, 0.1) is 12.2 Å². The standard InChI is InChI=1S/C12H15N5O2/c1-8(9-4-14-15-5-9)16-11(18)7-17-6-10(13)2-3-12(17)19/h2-6,8H,7,13H2,1H3,(H,14,15)(H,16,18). The Bertz CT molecular complexity index is 617. The molecule has 0 aromatic carbocycles. The monoisotopic (exact) mass is 261 g/mol. The summed E-state index contributed by atoms with van der Waals surface area (Å²) in [6, 6.07) is 2.66. The zero-order chi connectivity index (χ0) is 13.8. The van der Waals surface area contributed by atoms with Crippen LogP contribution in [0.1, 0.15) is 18.5 Å². The number of hydrogen-bond acceptors (Lipinski definition) is 4. The SMILES string of the molecule is CC(NC(=O)Cn1cc(N)ccc1=O)c1cn[nH]c1. The maximum atomic E-state index is 11.8. The van der Waals surface area contributed by atoms with Gasteiger partial charge in [-0.3, -0.25) is 14.7 Å². The Hall–Kier alpha value is -2.57. The van der Waals surface area contributed by atoms with Crippen molar-refractivity contribution in [3.05, 3.63) is 46.6 Å². The van der Waals surface area contributed by atoms with Gasteiger partial charge in [-0.1, -0.05) is 0 Å². The van der Waals surface area contributed by atoms with Gasteiger partial charge in [-0.15, -0.1) is 0 Å². The molecule has 19 heavy (non-hydrogen) atoms. The van der Waals surface area contributed by atoms with Crippen molar-refractivity contribution in [2.45, 2.75) is 19.5 Å². The molecule has 1 amide bonds. The van der Waals surface area contributed by atoms with E-state index in [2.05, 4.69) is 15.5 Å². The van der Waals surface area contributed by atoms with Gasteiger partial charge < -0.3 is 15.6 Å². The van der Waals surface area contributed by atoms with Crippen LogP contribution >= 0.6 is 0 Å². The second kappa shape index (κ2) is 5.38. The summed E-state index contributed by atoms with van der Waals surface area (Å²) in [4.78, 5) is 23.4. The minimum atomic E-state index is -0.264. The molecular formula is C12H15N5O2. The molecule has 1 atom stereocenters. The Morgan fingerprint density at radius 1 is 1.58 bits per heavy atom. The van der Waals surface area contributed by atoms with Crippen molar-refractivity contribution in [1.29, 1.82) is 0 Å². The molecule has 0 aliphatic heterocycles. The van der Waals surface area contributed by atoms with Crippen LogP contribution in [0.2, 0.25) is 0 Å². The summed E-state index contributed by atoms with van der Waals surface area (Å²) in [5.41, 5.74) is 6.62. The van der Waals surface area contributed by atoms with E-state index in [4.69, 9.17) is 5.73 Å². The van der Waals surface area contributed by atoms with Crippen molar-refractivity contribution in [3.8, 4) is 0 Å². The molecule has 1 unspecified atom stereocenters. The van der Waals surface area contributed by atoms with Crippen LogP contribution in [0.25, 0.3) is 0 Å². The van der Waals surface area contributed by atoms with E-state index < -0.39 is 0 Å². The number of nitrogens with zero attached hydrogens (tertiary/aromatic N) is 2. The first kappa shape index (κ1) is 12.9. The molecule has 0 aliphatic carbocycles. The summed E-state index contributed by atoms with van der Waals surface area (Å²) < 4.78 is 1.27. The highest BCUT2D eigenvalue weighted by Crippen LogP contribution is 2.08. The van der Waals surface area contributed by atoms with Gasteiger partial charge in [-0.2, -0.15) is 5.10 Å². The molecule has 4 N–H and O–H groups in total. The van der Waals surface area contributed by atoms with E-state index in [9.17, 15) is 9.59 Å². The van der Waals surface area contributed by atoms with Gasteiger partial charge in [0.25, 0.3) is 5.56 Å². The van der Waals surface area contributed by atoms with Crippen molar-refractivity contribution >= 4 is 11.6 Å². The normalized spacial score (nSPS) is 12.1. The number of H-pyrrole nitrogens is 1. The fraction of sp³-hybridized carbons (Fsp3) is 0.250. The third kappa shape index (κ3) is 3.21. The summed E-state index contributed by atoms with van der Waals surface area (Å²) in [5, 5.41) is 9.27. The zero-order valence-electron chi connectivity index (χ0n) is 10.5. The second-order valence-electron chi connectivity index (χ2n) is 4.25. The lowest BCUT2D eigenvalue weighted by atomic mass is 10.2. The lowest BCUT2D eigenvalue weighted by molar-refractivity contribution is -0.122. The highest BCUT2D eigenvalue weighted by atomic mass is 16.2. The van der Waals surface area contributed by atoms with Gasteiger partial charge >= 0.3 is 0 Å². The average Bonchev–Trinajstić information content (AvgIpc) is 2.87. The predicted molar refractivity (Wildman–Crippen MR) is 70.3 cm³/mol. The van der Waals surface area contributed by atoms with Crippen molar-refractivity contribution in [2.75, 3.05) is 5.73 Å². The number of rotatable bonds is 4. The fourth-order valence-electron chi connectivity index (χ4n) is 1.70. The first-order chi connectivity index (χ1) is 9.06. The van der Waals surface area contributed by atoms with E-state index >= 15 is 0 Å². The number of nitrogens with two attached hydrogens (primary N) is 1. The maximum Gasteiger partial charge on any atom is 0.251 e. The summed E-state index contributed by atoms with van der Waals surface area (Å²) in [5.74, 6) is -0.263. The molecule has 0 saturated heterocycles. The number of anilines is 1. The number of aromatic nitrogens is 3. The Morgan fingerprint density at radius 2 is 2.37 bits per heavy atom. The highest BCUT2D eigenvalue weighted by Gasteiger charge is 2.11. The van der Waals surface area contributed by atoms with E-state index in [0.29, 0.717) is 5.69 Å². The largest absolute Gasteiger partial charge is 0.398 e. The lowest BCUT2D eigenvalue weighted by Crippen LogP contribution is -2.33. The molecule has 7 nitrogen and oxygen atoms in total. The molecule has 2 aromatic rings. The highest BCUT2D eigenvalue weighted by molar-refractivity contribution is 5.76. The molecule has 0 spiro atoms. The van der Waals surface area contributed by atoms with Gasteiger partial charge in [0.1, 0.15) is 6.54 Å². The molecule has 2 rings (SSSR count). The maximum absolute atomic E-state index is 11.8. The number of nitrogens with one attached hydrogen (secondary N) is 2. The van der Waals surface area contributed by atoms with Crippen LogP contribution in [0.15, 0.2) is 35.5 Å². The van der Waals surface area contributed by atoms with E-state index in [-0.39, 0.29) is 24.1 Å². The summed E-state index contributed by atoms with van der Waals surface area (Å²) in [7, 11) is 0. The van der Waals surface area contributed by atoms with E-state index in [0.717, 1.165) is 5.56 Å². The van der Waals surface area contributed by atoms with Crippen LogP contribution in [0, 0.1) is 0 Å². The number of carbonyl (C=O) groups excluding carboxylic acids is 1. The van der Waals surface area contributed by atoms with Crippen molar-refractivity contribution in [1.82, 2.24) is 20.1 Å². The predicted octanol–water partition coefficient (Wildman–Crippen LogP) is 0.0310. The number of pyridine rings is 1. The third-order valence-corrected chi connectivity index (χ3v) is 2.72. The molecule has 0 saturated carbocycles. The van der Waals surface area contributed by atoms with Crippen LogP contribution in [0.3, 0.4) is 0 Å². The van der Waals surface area contributed by atoms with Gasteiger partial charge in [0, 0.05) is 29.7 Å². The second-order valence-corrected chi connectivity index (χ2v) is 4.25. The first-order valence-corrected chi connectivity index (χ1v) is 5.80. The Kier molecular flexibility index (Phi) is 3.65. The van der Waals surface area contributed by atoms with Crippen LogP contribution in [0.5, 0.6) is 0 Å². The molecule has 100 valence electrons. The minimum absolute atomic E-state index is 0.0634. The van der Waals surface area contributed by atoms with Gasteiger partial charge in [-0.05, 0) is 13.0 Å². The zero-order valence-corrected chi connectivity index (χ0v) is 10.5. The first-order valence-electron chi connectivity index (χ1n) is 5.80. The van der Waals surface area contributed by atoms with Crippen LogP contribution in [-0.4, -0.2) is 20.7 Å². The van der Waals surface area contributed by atoms with Gasteiger partial charge in [-0.25, -0.2) is 0 Å². The number of hydrogen-bond donors (Lipinski definition) is 3. The number of amides is 1. The molecule has 0 bridgehead atoms. The van der Waals surface area contributed by atoms with Gasteiger partial charge in [0.15, 0.2) is 0 Å². The van der Waals surface area contributed by atoms with E-state index in [1.807, 2.05) is 6.92 Å². The van der Waals surface area contributed by atoms with Crippen LogP contribution < -0.4 is 16.6 Å². The molecule has 0 aliphatic rings. The molecule has 0 radical (unpaired) electrons. The summed E-state index contributed by atoms with van der Waals surface area (Å²) in [6.07, 6.45) is 4.79. The molecule has 7 heteroatoms. The molecule has 0 fully saturated rings. The Balaban J connectivity index is 2.02. The quantitative estimate of drug-likeness (QED) is 0.722. The van der Waals surface area contributed by atoms with E-state index in [1.165, 1.54) is 22.9 Å². The Labute approximate surface area is 109 Å². The third-order valence-electron chi connectivity index (χ3n) is 2.72. The number of nitrogen functional groups attached to an aromatic ring is 1. The number of carbonyl (C=O) groups is 1. The fourth-order valence-corrected chi connectivity index (χ4v) is 1.70. The van der Waals surface area contributed by atoms with Crippen molar-refractivity contribution < 1.29 is 4.79 Å². The summed E-state index contributed by atoms with van der Waals surface area (Å²) in [6.45, 7) is 1.77. The van der Waals surface area contributed by atoms with Crippen molar-refractivity contribution in [3.63, 3.8) is 0 Å². The van der Waals surface area contributed by atoms with Crippen LogP contribution in [-0.2, 0) is 11.3 Å². The minimum Gasteiger partial charge on any atom is -0.398 e. The van der Waals surface area contributed by atoms with Gasteiger partial charge in [0.2, 0.25) is 5.91 Å². The molecule has 2 heterocycles. The molecule has 2 aromatic heterocycles. The Morgan fingerprint density at radius 3 is 3.05 bits per heavy atom. The van der Waals surface area contributed by atoms with E-state index in [1.54, 1.807) is 12.4 Å². The molecular weight excluding hydrogens is 246 g/mol.